The summed E-state index contributed by atoms with van der Waals surface area (Å²) < 4.78 is 0.128. The number of carbonyl (C=O) groups is 3. The Morgan fingerprint density at radius 3 is 1.56 bits per heavy atom. The minimum Gasteiger partial charge on any atom is -0.479 e. The van der Waals surface area contributed by atoms with Gasteiger partial charge in [-0.1, -0.05) is 222 Å². The van der Waals surface area contributed by atoms with E-state index in [-0.39, 0.29) is 20.6 Å². The first-order valence-corrected chi connectivity index (χ1v) is 22.3. The topological polar surface area (TPSA) is 133 Å². The summed E-state index contributed by atoms with van der Waals surface area (Å²) in [5.74, 6) is -2.57. The van der Waals surface area contributed by atoms with E-state index in [1.54, 1.807) is 0 Å². The van der Waals surface area contributed by atoms with Crippen molar-refractivity contribution in [1.82, 2.24) is 15.2 Å². The first-order chi connectivity index (χ1) is 31.2. The number of hydrogen-bond donors (Lipinski definition) is 3. The molecule has 3 unspecified atom stereocenters. The number of anilines is 1. The van der Waals surface area contributed by atoms with Crippen LogP contribution in [0, 0.1) is 0 Å². The number of carbonyl (C=O) groups excluding carboxylic acids is 2. The lowest BCUT2D eigenvalue weighted by molar-refractivity contribution is -0.164. The molecule has 0 spiro atoms. The van der Waals surface area contributed by atoms with Crippen LogP contribution in [0.1, 0.15) is 51.9 Å². The zero-order valence-corrected chi connectivity index (χ0v) is 36.5. The summed E-state index contributed by atoms with van der Waals surface area (Å²) >= 11 is 13.7. The first-order valence-electron chi connectivity index (χ1n) is 20.6. The molecular formula is C51H40ClN5O5S2. The van der Waals surface area contributed by atoms with E-state index in [4.69, 9.17) is 38.8 Å². The third kappa shape index (κ3) is 7.63. The van der Waals surface area contributed by atoms with Gasteiger partial charge in [-0.25, -0.2) is 9.78 Å². The highest BCUT2D eigenvalue weighted by atomic mass is 35.5. The van der Waals surface area contributed by atoms with Crippen LogP contribution in [0.25, 0.3) is 0 Å². The third-order valence-electron chi connectivity index (χ3n) is 11.8. The number of rotatable bonds is 14. The number of carboxylic acids is 1. The van der Waals surface area contributed by atoms with Crippen LogP contribution in [0.5, 0.6) is 0 Å². The molecule has 318 valence electrons. The molecule has 10 nitrogen and oxygen atoms in total. The van der Waals surface area contributed by atoms with Crippen LogP contribution in [0.15, 0.2) is 187 Å². The van der Waals surface area contributed by atoms with E-state index in [9.17, 15) is 19.5 Å². The Balaban J connectivity index is 1.19. The molecule has 3 atom stereocenters. The predicted octanol–water partition coefficient (Wildman–Crippen LogP) is 9.23. The van der Waals surface area contributed by atoms with Gasteiger partial charge in [0.1, 0.15) is 21.6 Å². The molecule has 13 heteroatoms. The van der Waals surface area contributed by atoms with E-state index in [1.807, 2.05) is 182 Å². The van der Waals surface area contributed by atoms with Crippen molar-refractivity contribution in [1.29, 1.82) is 0 Å². The van der Waals surface area contributed by atoms with Crippen molar-refractivity contribution in [3.63, 3.8) is 0 Å². The molecule has 2 aliphatic rings. The minimum absolute atomic E-state index is 0.00898. The average molecular weight is 902 g/mol. The van der Waals surface area contributed by atoms with Crippen LogP contribution in [-0.2, 0) is 30.4 Å². The van der Waals surface area contributed by atoms with Gasteiger partial charge >= 0.3 is 5.97 Å². The van der Waals surface area contributed by atoms with Crippen molar-refractivity contribution in [3.05, 3.63) is 225 Å². The molecule has 9 rings (SSSR count). The SMILES string of the molecule is O=C(NC1C(=O)N2C(C(=O)O)C(=S)CCC12)C(=NOC(c1ccccc1)(c1ccccc1)c1ccccc1)c1nc(NC(c2ccccc2)(c2ccccc2)c2ccccc2)sc1Cl. The Labute approximate surface area is 384 Å². The summed E-state index contributed by atoms with van der Waals surface area (Å²) in [6.45, 7) is 0. The van der Waals surface area contributed by atoms with Gasteiger partial charge in [-0.15, -0.1) is 0 Å². The lowest BCUT2D eigenvalue weighted by atomic mass is 9.77. The predicted molar refractivity (Wildman–Crippen MR) is 253 cm³/mol. The van der Waals surface area contributed by atoms with Crippen molar-refractivity contribution in [2.45, 2.75) is 42.1 Å². The van der Waals surface area contributed by atoms with Gasteiger partial charge in [-0.3, -0.25) is 9.59 Å². The molecule has 0 radical (unpaired) electrons. The number of benzene rings is 6. The third-order valence-corrected chi connectivity index (χ3v) is 13.4. The Hall–Kier alpha value is -6.99. The van der Waals surface area contributed by atoms with E-state index >= 15 is 0 Å². The molecule has 0 bridgehead atoms. The Bertz CT molecular complexity index is 2640. The minimum atomic E-state index is -1.39. The normalized spacial score (nSPS) is 17.5. The maximum Gasteiger partial charge on any atom is 0.331 e. The molecule has 2 fully saturated rings. The molecule has 2 saturated heterocycles. The number of carboxylic acid groups (broad SMARTS) is 1. The molecule has 2 aliphatic heterocycles. The van der Waals surface area contributed by atoms with Gasteiger partial charge in [0, 0.05) is 21.6 Å². The van der Waals surface area contributed by atoms with Gasteiger partial charge < -0.3 is 25.5 Å². The van der Waals surface area contributed by atoms with Crippen molar-refractivity contribution < 1.29 is 24.3 Å². The van der Waals surface area contributed by atoms with E-state index in [0.717, 1.165) is 44.7 Å². The first kappa shape index (κ1) is 42.3. The van der Waals surface area contributed by atoms with Crippen molar-refractivity contribution in [2.24, 2.45) is 5.16 Å². The van der Waals surface area contributed by atoms with E-state index in [2.05, 4.69) is 10.6 Å². The Morgan fingerprint density at radius 2 is 1.14 bits per heavy atom. The van der Waals surface area contributed by atoms with Crippen molar-refractivity contribution >= 4 is 68.6 Å². The number of thiocarbonyl (C=S) groups is 1. The maximum absolute atomic E-state index is 14.9. The van der Waals surface area contributed by atoms with Gasteiger partial charge in [0.05, 0.1) is 6.04 Å². The molecule has 7 aromatic rings. The summed E-state index contributed by atoms with van der Waals surface area (Å²) in [6.07, 6.45) is 0.692. The number of nitrogens with zero attached hydrogens (tertiary/aromatic N) is 3. The van der Waals surface area contributed by atoms with Gasteiger partial charge in [0.25, 0.3) is 5.91 Å². The fourth-order valence-corrected chi connectivity index (χ4v) is 10.3. The fraction of sp³-hybridized carbons (Fsp3) is 0.137. The number of β-lactam (4-membered cyclic amide) rings is 1. The van der Waals surface area contributed by atoms with Crippen LogP contribution < -0.4 is 10.6 Å². The van der Waals surface area contributed by atoms with E-state index < -0.39 is 47.0 Å². The average Bonchev–Trinajstić information content (AvgIpc) is 3.71. The lowest BCUT2D eigenvalue weighted by Crippen LogP contribution is -2.77. The van der Waals surface area contributed by atoms with Crippen molar-refractivity contribution in [2.75, 3.05) is 5.32 Å². The molecule has 6 aromatic carbocycles. The number of thiazole rings is 1. The highest BCUT2D eigenvalue weighted by Crippen LogP contribution is 2.44. The number of halogens is 1. The largest absolute Gasteiger partial charge is 0.479 e. The maximum atomic E-state index is 14.9. The van der Waals surface area contributed by atoms with Crippen LogP contribution >= 0.6 is 35.2 Å². The summed E-state index contributed by atoms with van der Waals surface area (Å²) in [5, 5.41) is 21.7. The summed E-state index contributed by atoms with van der Waals surface area (Å²) in [6, 6.07) is 55.8. The zero-order chi connectivity index (χ0) is 44.3. The smallest absolute Gasteiger partial charge is 0.331 e. The van der Waals surface area contributed by atoms with Gasteiger partial charge in [-0.05, 0) is 29.5 Å². The van der Waals surface area contributed by atoms with Crippen molar-refractivity contribution in [3.8, 4) is 0 Å². The molecule has 2 amide bonds. The molecule has 0 aliphatic carbocycles. The number of hydrogen-bond acceptors (Lipinski definition) is 9. The quantitative estimate of drug-likeness (QED) is 0.0324. The fourth-order valence-electron chi connectivity index (χ4n) is 8.82. The molecule has 3 heterocycles. The lowest BCUT2D eigenvalue weighted by Gasteiger charge is -2.52. The van der Waals surface area contributed by atoms with Gasteiger partial charge in [0.15, 0.2) is 16.9 Å². The Morgan fingerprint density at radius 1 is 0.719 bits per heavy atom. The summed E-state index contributed by atoms with van der Waals surface area (Å²) in [7, 11) is 0. The van der Waals surface area contributed by atoms with Gasteiger partial charge in [0.2, 0.25) is 11.5 Å². The number of aromatic nitrogens is 1. The molecule has 3 N–H and O–H groups in total. The number of piperidine rings is 1. The van der Waals surface area contributed by atoms with Gasteiger partial charge in [-0.2, -0.15) is 0 Å². The highest BCUT2D eigenvalue weighted by Gasteiger charge is 2.56. The van der Waals surface area contributed by atoms with E-state index in [1.165, 1.54) is 4.90 Å². The highest BCUT2D eigenvalue weighted by molar-refractivity contribution is 7.80. The summed E-state index contributed by atoms with van der Waals surface area (Å²) in [5.41, 5.74) is 2.30. The number of aliphatic carboxylic acids is 1. The summed E-state index contributed by atoms with van der Waals surface area (Å²) in [4.78, 5) is 54.3. The number of oxime groups is 1. The standard InChI is InChI=1S/C51H40ClN5O5S2/c52-45-42(54-49(64-45)55-50(33-19-7-1-8-20-33,34-21-9-2-10-22-34)35-23-11-3-12-24-35)43(46(58)53-41-39-31-32-40(63)44(48(60)61)57(39)47(41)59)56-62-51(36-25-13-4-14-26-36,37-27-15-5-16-28-37)38-29-17-6-18-30-38/h1-30,39,41,44H,31-32H2,(H,53,58)(H,54,55)(H,60,61). The Kier molecular flexibility index (Phi) is 11.9. The van der Waals surface area contributed by atoms with Crippen LogP contribution in [0.2, 0.25) is 4.34 Å². The molecular weight excluding hydrogens is 862 g/mol. The molecule has 1 aromatic heterocycles. The molecule has 64 heavy (non-hydrogen) atoms. The van der Waals surface area contributed by atoms with Crippen LogP contribution in [0.3, 0.4) is 0 Å². The molecule has 0 saturated carbocycles. The number of amides is 2. The monoisotopic (exact) mass is 901 g/mol. The zero-order valence-electron chi connectivity index (χ0n) is 34.1. The second kappa shape index (κ2) is 18.0. The van der Waals surface area contributed by atoms with Crippen LogP contribution in [0.4, 0.5) is 5.13 Å². The van der Waals surface area contributed by atoms with E-state index in [0.29, 0.717) is 18.0 Å². The number of nitrogens with one attached hydrogen (secondary N) is 2. The second-order valence-electron chi connectivity index (χ2n) is 15.4. The van der Waals surface area contributed by atoms with Crippen LogP contribution in [-0.4, -0.2) is 61.5 Å². The number of fused-ring (bicyclic) bond motifs is 1. The second-order valence-corrected chi connectivity index (χ2v) is 17.6.